The number of hydrogen-bond acceptors (Lipinski definition) is 3. The molecule has 5 heteroatoms. The molecule has 0 saturated carbocycles. The molecule has 0 aromatic carbocycles. The van der Waals surface area contributed by atoms with Gasteiger partial charge in [0.2, 0.25) is 0 Å². The zero-order chi connectivity index (χ0) is 10.6. The molecular weight excluding hydrogens is 204 g/mol. The lowest BCUT2D eigenvalue weighted by Gasteiger charge is -2.09. The number of rotatable bonds is 2. The summed E-state index contributed by atoms with van der Waals surface area (Å²) in [7, 11) is 1.30. The molecule has 0 unspecified atom stereocenters. The number of pyridine rings is 1. The van der Waals surface area contributed by atoms with Gasteiger partial charge in [-0.3, -0.25) is 10.3 Å². The minimum absolute atomic E-state index is 0.412. The Morgan fingerprint density at radius 2 is 2.36 bits per heavy atom. The van der Waals surface area contributed by atoms with Gasteiger partial charge in [0.25, 0.3) is 0 Å². The maximum absolute atomic E-state index is 11.0. The number of nitrogens with one attached hydrogen (secondary N) is 1. The highest BCUT2D eigenvalue weighted by molar-refractivity contribution is 6.33. The third-order valence-electron chi connectivity index (χ3n) is 1.77. The summed E-state index contributed by atoms with van der Waals surface area (Å²) in [6, 6.07) is 0. The van der Waals surface area contributed by atoms with Crippen molar-refractivity contribution in [3.05, 3.63) is 23.0 Å². The fourth-order valence-corrected chi connectivity index (χ4v) is 1.26. The number of carbonyl (C=O) groups is 1. The highest BCUT2D eigenvalue weighted by Crippen LogP contribution is 2.25. The predicted molar refractivity (Wildman–Crippen MR) is 54.7 cm³/mol. The first-order valence-electron chi connectivity index (χ1n) is 4.16. The molecule has 1 N–H and O–H groups in total. The van der Waals surface area contributed by atoms with E-state index in [0.29, 0.717) is 10.7 Å². The molecule has 0 saturated heterocycles. The van der Waals surface area contributed by atoms with E-state index in [1.165, 1.54) is 13.3 Å². The van der Waals surface area contributed by atoms with Crippen LogP contribution >= 0.6 is 11.6 Å². The van der Waals surface area contributed by atoms with Crippen LogP contribution in [-0.2, 0) is 11.2 Å². The highest BCUT2D eigenvalue weighted by atomic mass is 35.5. The van der Waals surface area contributed by atoms with E-state index in [2.05, 4.69) is 15.0 Å². The van der Waals surface area contributed by atoms with Crippen molar-refractivity contribution in [1.82, 2.24) is 4.98 Å². The molecular formula is C9H11ClN2O2. The number of amides is 1. The van der Waals surface area contributed by atoms with Gasteiger partial charge in [0.15, 0.2) is 0 Å². The van der Waals surface area contributed by atoms with Crippen molar-refractivity contribution in [1.29, 1.82) is 0 Å². The Labute approximate surface area is 87.2 Å². The Morgan fingerprint density at radius 3 is 2.93 bits per heavy atom. The van der Waals surface area contributed by atoms with E-state index in [-0.39, 0.29) is 0 Å². The SMILES string of the molecule is CCc1cncc(Cl)c1NC(=O)OC. The van der Waals surface area contributed by atoms with Gasteiger partial charge in [0.05, 0.1) is 17.8 Å². The Hall–Kier alpha value is -1.29. The lowest BCUT2D eigenvalue weighted by Crippen LogP contribution is -2.13. The molecule has 4 nitrogen and oxygen atoms in total. The van der Waals surface area contributed by atoms with Gasteiger partial charge in [-0.2, -0.15) is 0 Å². The summed E-state index contributed by atoms with van der Waals surface area (Å²) < 4.78 is 4.48. The minimum Gasteiger partial charge on any atom is -0.453 e. The van der Waals surface area contributed by atoms with Crippen molar-refractivity contribution >= 4 is 23.4 Å². The normalized spacial score (nSPS) is 9.64. The summed E-state index contributed by atoms with van der Waals surface area (Å²) in [5.74, 6) is 0. The molecule has 0 aliphatic heterocycles. The molecule has 0 bridgehead atoms. The Morgan fingerprint density at radius 1 is 1.64 bits per heavy atom. The number of carbonyl (C=O) groups excluding carboxylic acids is 1. The maximum Gasteiger partial charge on any atom is 0.411 e. The average molecular weight is 215 g/mol. The van der Waals surface area contributed by atoms with Gasteiger partial charge < -0.3 is 4.74 Å². The number of nitrogens with zero attached hydrogens (tertiary/aromatic N) is 1. The molecule has 0 aliphatic rings. The van der Waals surface area contributed by atoms with Crippen LogP contribution in [0.5, 0.6) is 0 Å². The van der Waals surface area contributed by atoms with Crippen LogP contribution in [0.2, 0.25) is 5.02 Å². The first kappa shape index (κ1) is 10.8. The number of methoxy groups -OCH3 is 1. The van der Waals surface area contributed by atoms with Crippen LogP contribution in [0.25, 0.3) is 0 Å². The van der Waals surface area contributed by atoms with Crippen LogP contribution in [0.4, 0.5) is 10.5 Å². The largest absolute Gasteiger partial charge is 0.453 e. The Kier molecular flexibility index (Phi) is 3.71. The molecule has 0 fully saturated rings. The minimum atomic E-state index is -0.534. The van der Waals surface area contributed by atoms with E-state index in [1.54, 1.807) is 6.20 Å². The van der Waals surface area contributed by atoms with Crippen LogP contribution in [0.15, 0.2) is 12.4 Å². The monoisotopic (exact) mass is 214 g/mol. The van der Waals surface area contributed by atoms with Gasteiger partial charge in [-0.1, -0.05) is 18.5 Å². The third-order valence-corrected chi connectivity index (χ3v) is 2.06. The highest BCUT2D eigenvalue weighted by Gasteiger charge is 2.09. The van der Waals surface area contributed by atoms with Gasteiger partial charge >= 0.3 is 6.09 Å². The second kappa shape index (κ2) is 4.81. The summed E-state index contributed by atoms with van der Waals surface area (Å²) in [5, 5.41) is 2.96. The smallest absolute Gasteiger partial charge is 0.411 e. The van der Waals surface area contributed by atoms with Crippen molar-refractivity contribution in [3.8, 4) is 0 Å². The van der Waals surface area contributed by atoms with Crippen LogP contribution in [0, 0.1) is 0 Å². The standard InChI is InChI=1S/C9H11ClN2O2/c1-3-6-4-11-5-7(10)8(6)12-9(13)14-2/h4-5H,3H2,1-2H3,(H,11,12,13). The Bertz CT molecular complexity index is 342. The molecule has 0 atom stereocenters. The van der Waals surface area contributed by atoms with Crippen molar-refractivity contribution < 1.29 is 9.53 Å². The van der Waals surface area contributed by atoms with Crippen LogP contribution in [0.3, 0.4) is 0 Å². The van der Waals surface area contributed by atoms with E-state index in [1.807, 2.05) is 6.92 Å². The van der Waals surface area contributed by atoms with Gasteiger partial charge in [0.1, 0.15) is 0 Å². The summed E-state index contributed by atoms with van der Waals surface area (Å²) in [5.41, 5.74) is 1.44. The Balaban J connectivity index is 2.98. The predicted octanol–water partition coefficient (Wildman–Crippen LogP) is 2.48. The summed E-state index contributed by atoms with van der Waals surface area (Å²) in [6.45, 7) is 1.95. The van der Waals surface area contributed by atoms with Crippen LogP contribution in [-0.4, -0.2) is 18.2 Å². The molecule has 1 amide bonds. The van der Waals surface area contributed by atoms with Crippen LogP contribution < -0.4 is 5.32 Å². The number of aryl methyl sites for hydroxylation is 1. The van der Waals surface area contributed by atoms with Crippen molar-refractivity contribution in [2.45, 2.75) is 13.3 Å². The number of halogens is 1. The summed E-state index contributed by atoms with van der Waals surface area (Å²) >= 11 is 5.88. The average Bonchev–Trinajstić information content (AvgIpc) is 2.20. The zero-order valence-corrected chi connectivity index (χ0v) is 8.76. The molecule has 1 aromatic rings. The number of hydrogen-bond donors (Lipinski definition) is 1. The molecule has 1 rings (SSSR count). The summed E-state index contributed by atoms with van der Waals surface area (Å²) in [4.78, 5) is 14.9. The number of anilines is 1. The first-order chi connectivity index (χ1) is 6.69. The number of aromatic nitrogens is 1. The first-order valence-corrected chi connectivity index (χ1v) is 4.54. The lowest BCUT2D eigenvalue weighted by molar-refractivity contribution is 0.187. The van der Waals surface area contributed by atoms with Crippen molar-refractivity contribution in [3.63, 3.8) is 0 Å². The zero-order valence-electron chi connectivity index (χ0n) is 8.00. The van der Waals surface area contributed by atoms with Gasteiger partial charge in [-0.25, -0.2) is 4.79 Å². The van der Waals surface area contributed by atoms with E-state index >= 15 is 0 Å². The van der Waals surface area contributed by atoms with Gasteiger partial charge in [0, 0.05) is 12.4 Å². The summed E-state index contributed by atoms with van der Waals surface area (Å²) in [6.07, 6.45) is 3.35. The second-order valence-corrected chi connectivity index (χ2v) is 3.03. The van der Waals surface area contributed by atoms with Gasteiger partial charge in [-0.05, 0) is 12.0 Å². The maximum atomic E-state index is 11.0. The van der Waals surface area contributed by atoms with Crippen LogP contribution in [0.1, 0.15) is 12.5 Å². The quantitative estimate of drug-likeness (QED) is 0.823. The molecule has 0 radical (unpaired) electrons. The number of ether oxygens (including phenoxy) is 1. The van der Waals surface area contributed by atoms with E-state index in [4.69, 9.17) is 11.6 Å². The fraction of sp³-hybridized carbons (Fsp3) is 0.333. The molecule has 14 heavy (non-hydrogen) atoms. The van der Waals surface area contributed by atoms with E-state index < -0.39 is 6.09 Å². The molecule has 1 heterocycles. The molecule has 76 valence electrons. The fourth-order valence-electron chi connectivity index (χ4n) is 1.04. The third kappa shape index (κ3) is 2.35. The topological polar surface area (TPSA) is 51.2 Å². The molecule has 1 aromatic heterocycles. The van der Waals surface area contributed by atoms with Crippen molar-refractivity contribution in [2.75, 3.05) is 12.4 Å². The van der Waals surface area contributed by atoms with E-state index in [9.17, 15) is 4.79 Å². The second-order valence-electron chi connectivity index (χ2n) is 2.63. The van der Waals surface area contributed by atoms with Gasteiger partial charge in [-0.15, -0.1) is 0 Å². The molecule has 0 spiro atoms. The lowest BCUT2D eigenvalue weighted by atomic mass is 10.2. The van der Waals surface area contributed by atoms with E-state index in [0.717, 1.165) is 12.0 Å². The van der Waals surface area contributed by atoms with Crippen molar-refractivity contribution in [2.24, 2.45) is 0 Å². The molecule has 0 aliphatic carbocycles.